The molecule has 0 amide bonds. The normalized spacial score (nSPS) is 17.1. The van der Waals surface area contributed by atoms with Crippen LogP contribution in [0.15, 0.2) is 12.3 Å². The van der Waals surface area contributed by atoms with Gasteiger partial charge in [-0.2, -0.15) is 0 Å². The highest BCUT2D eigenvalue weighted by Gasteiger charge is 2.22. The highest BCUT2D eigenvalue weighted by molar-refractivity contribution is 6.31. The fourth-order valence-corrected chi connectivity index (χ4v) is 2.99. The zero-order valence-electron chi connectivity index (χ0n) is 9.37. The Morgan fingerprint density at radius 3 is 2.82 bits per heavy atom. The number of pyridine rings is 1. The van der Waals surface area contributed by atoms with Crippen LogP contribution in [-0.4, -0.2) is 14.5 Å². The van der Waals surface area contributed by atoms with E-state index in [4.69, 9.17) is 23.2 Å². The number of hydrogen-bond donors (Lipinski definition) is 0. The first-order chi connectivity index (χ1) is 8.29. The van der Waals surface area contributed by atoms with Crippen molar-refractivity contribution in [3.8, 4) is 0 Å². The molecule has 3 nitrogen and oxygen atoms in total. The molecule has 1 aliphatic rings. The number of hydrogen-bond acceptors (Lipinski definition) is 2. The van der Waals surface area contributed by atoms with E-state index in [1.807, 2.05) is 6.07 Å². The van der Waals surface area contributed by atoms with Crippen LogP contribution >= 0.6 is 23.2 Å². The van der Waals surface area contributed by atoms with Gasteiger partial charge in [0.25, 0.3) is 0 Å². The monoisotopic (exact) mass is 269 g/mol. The molecular weight excluding hydrogens is 257 g/mol. The molecule has 2 aromatic rings. The minimum Gasteiger partial charge on any atom is -0.309 e. The summed E-state index contributed by atoms with van der Waals surface area (Å²) in [5.41, 5.74) is 1.76. The lowest BCUT2D eigenvalue weighted by molar-refractivity contribution is 0.515. The largest absolute Gasteiger partial charge is 0.309 e. The van der Waals surface area contributed by atoms with E-state index in [1.165, 1.54) is 25.7 Å². The van der Waals surface area contributed by atoms with Gasteiger partial charge in [0.2, 0.25) is 0 Å². The van der Waals surface area contributed by atoms with Crippen LogP contribution in [0.4, 0.5) is 0 Å². The minimum absolute atomic E-state index is 0.421. The molecule has 2 aromatic heterocycles. The van der Waals surface area contributed by atoms with Gasteiger partial charge in [0.1, 0.15) is 11.3 Å². The van der Waals surface area contributed by atoms with Gasteiger partial charge in [-0.25, -0.2) is 9.97 Å². The lowest BCUT2D eigenvalue weighted by Crippen LogP contribution is -2.08. The molecule has 17 heavy (non-hydrogen) atoms. The Bertz CT molecular complexity index is 544. The van der Waals surface area contributed by atoms with Crippen LogP contribution in [-0.2, 0) is 5.88 Å². The van der Waals surface area contributed by atoms with Gasteiger partial charge in [-0.3, -0.25) is 0 Å². The molecule has 0 aliphatic heterocycles. The summed E-state index contributed by atoms with van der Waals surface area (Å²) in [5, 5.41) is 0.620. The van der Waals surface area contributed by atoms with Gasteiger partial charge >= 0.3 is 0 Å². The summed E-state index contributed by atoms with van der Waals surface area (Å²) in [6.45, 7) is 0. The molecule has 0 spiro atoms. The number of alkyl halides is 1. The van der Waals surface area contributed by atoms with Crippen LogP contribution in [0.3, 0.4) is 0 Å². The highest BCUT2D eigenvalue weighted by atomic mass is 35.5. The lowest BCUT2D eigenvalue weighted by Gasteiger charge is -2.14. The summed E-state index contributed by atoms with van der Waals surface area (Å²) in [7, 11) is 0. The number of halogens is 2. The zero-order valence-corrected chi connectivity index (χ0v) is 10.9. The average molecular weight is 270 g/mol. The number of rotatable bonds is 2. The van der Waals surface area contributed by atoms with E-state index in [0.29, 0.717) is 16.9 Å². The van der Waals surface area contributed by atoms with Gasteiger partial charge in [0.05, 0.1) is 10.9 Å². The SMILES string of the molecule is ClCc1nc2cc(Cl)cnc2n1C1CCCC1. The molecule has 1 fully saturated rings. The summed E-state index contributed by atoms with van der Waals surface area (Å²) in [6, 6.07) is 2.35. The Morgan fingerprint density at radius 1 is 1.35 bits per heavy atom. The molecule has 0 radical (unpaired) electrons. The van der Waals surface area contributed by atoms with Gasteiger partial charge in [-0.15, -0.1) is 11.6 Å². The lowest BCUT2D eigenvalue weighted by atomic mass is 10.2. The quantitative estimate of drug-likeness (QED) is 0.774. The van der Waals surface area contributed by atoms with Crippen molar-refractivity contribution >= 4 is 34.4 Å². The molecule has 5 heteroatoms. The van der Waals surface area contributed by atoms with Gasteiger partial charge < -0.3 is 4.57 Å². The van der Waals surface area contributed by atoms with Gasteiger partial charge in [-0.05, 0) is 18.9 Å². The van der Waals surface area contributed by atoms with Crippen molar-refractivity contribution in [2.75, 3.05) is 0 Å². The molecule has 0 saturated heterocycles. The van der Waals surface area contributed by atoms with E-state index in [2.05, 4.69) is 14.5 Å². The van der Waals surface area contributed by atoms with Crippen molar-refractivity contribution in [1.29, 1.82) is 0 Å². The number of fused-ring (bicyclic) bond motifs is 1. The Labute approximate surface area is 110 Å². The third-order valence-electron chi connectivity index (χ3n) is 3.38. The van der Waals surface area contributed by atoms with Crippen LogP contribution in [0.25, 0.3) is 11.2 Å². The standard InChI is InChI=1S/C12H13Cl2N3/c13-6-11-16-10-5-8(14)7-15-12(10)17(11)9-3-1-2-4-9/h5,7,9H,1-4,6H2. The summed E-state index contributed by atoms with van der Waals surface area (Å²) < 4.78 is 2.20. The first-order valence-corrected chi connectivity index (χ1v) is 6.79. The van der Waals surface area contributed by atoms with Crippen molar-refractivity contribution in [1.82, 2.24) is 14.5 Å². The molecule has 0 N–H and O–H groups in total. The van der Waals surface area contributed by atoms with Crippen LogP contribution in [0.5, 0.6) is 0 Å². The number of nitrogens with zero attached hydrogens (tertiary/aromatic N) is 3. The Kier molecular flexibility index (Phi) is 2.97. The number of imidazole rings is 1. The van der Waals surface area contributed by atoms with Gasteiger partial charge in [0.15, 0.2) is 5.65 Å². The maximum atomic E-state index is 5.98. The van der Waals surface area contributed by atoms with Crippen LogP contribution in [0.2, 0.25) is 5.02 Å². The minimum atomic E-state index is 0.421. The van der Waals surface area contributed by atoms with Crippen LogP contribution in [0.1, 0.15) is 37.5 Å². The van der Waals surface area contributed by atoms with E-state index in [1.54, 1.807) is 6.20 Å². The Morgan fingerprint density at radius 2 is 2.12 bits per heavy atom. The molecular formula is C12H13Cl2N3. The van der Waals surface area contributed by atoms with Crippen molar-refractivity contribution in [2.24, 2.45) is 0 Å². The van der Waals surface area contributed by atoms with E-state index in [9.17, 15) is 0 Å². The average Bonchev–Trinajstić information content (AvgIpc) is 2.93. The molecule has 3 rings (SSSR count). The molecule has 0 aromatic carbocycles. The van der Waals surface area contributed by atoms with E-state index in [0.717, 1.165) is 17.0 Å². The third kappa shape index (κ3) is 1.91. The molecule has 0 unspecified atom stereocenters. The molecule has 90 valence electrons. The fourth-order valence-electron chi connectivity index (χ4n) is 2.64. The van der Waals surface area contributed by atoms with Gasteiger partial charge in [0, 0.05) is 12.2 Å². The second kappa shape index (κ2) is 4.46. The second-order valence-electron chi connectivity index (χ2n) is 4.47. The van der Waals surface area contributed by atoms with Gasteiger partial charge in [-0.1, -0.05) is 24.4 Å². The highest BCUT2D eigenvalue weighted by Crippen LogP contribution is 2.33. The molecule has 0 bridgehead atoms. The van der Waals surface area contributed by atoms with Crippen LogP contribution in [0, 0.1) is 0 Å². The zero-order chi connectivity index (χ0) is 11.8. The summed E-state index contributed by atoms with van der Waals surface area (Å²) in [6.07, 6.45) is 6.62. The summed E-state index contributed by atoms with van der Waals surface area (Å²) >= 11 is 11.9. The molecule has 0 atom stereocenters. The van der Waals surface area contributed by atoms with Crippen molar-refractivity contribution in [2.45, 2.75) is 37.6 Å². The topological polar surface area (TPSA) is 30.7 Å². The molecule has 2 heterocycles. The smallest absolute Gasteiger partial charge is 0.160 e. The van der Waals surface area contributed by atoms with E-state index < -0.39 is 0 Å². The van der Waals surface area contributed by atoms with Crippen molar-refractivity contribution < 1.29 is 0 Å². The Hall–Kier alpha value is -0.800. The summed E-state index contributed by atoms with van der Waals surface area (Å²) in [4.78, 5) is 8.92. The van der Waals surface area contributed by atoms with E-state index >= 15 is 0 Å². The van der Waals surface area contributed by atoms with Crippen molar-refractivity contribution in [3.63, 3.8) is 0 Å². The second-order valence-corrected chi connectivity index (χ2v) is 5.17. The maximum Gasteiger partial charge on any atom is 0.160 e. The first kappa shape index (κ1) is 11.3. The Balaban J connectivity index is 2.19. The number of aromatic nitrogens is 3. The van der Waals surface area contributed by atoms with E-state index in [-0.39, 0.29) is 0 Å². The molecule has 1 saturated carbocycles. The van der Waals surface area contributed by atoms with Crippen LogP contribution < -0.4 is 0 Å². The summed E-state index contributed by atoms with van der Waals surface area (Å²) in [5.74, 6) is 1.33. The maximum absolute atomic E-state index is 5.98. The van der Waals surface area contributed by atoms with Crippen molar-refractivity contribution in [3.05, 3.63) is 23.1 Å². The molecule has 1 aliphatic carbocycles. The predicted octanol–water partition coefficient (Wildman–Crippen LogP) is 3.94. The fraction of sp³-hybridized carbons (Fsp3) is 0.500. The predicted molar refractivity (Wildman–Crippen MR) is 69.6 cm³/mol. The third-order valence-corrected chi connectivity index (χ3v) is 3.82. The first-order valence-electron chi connectivity index (χ1n) is 5.88.